The molecule has 0 spiro atoms. The lowest BCUT2D eigenvalue weighted by atomic mass is 9.87. The van der Waals surface area contributed by atoms with Crippen LogP contribution in [0.4, 0.5) is 5.82 Å². The first kappa shape index (κ1) is 27.4. The first-order valence-electron chi connectivity index (χ1n) is 13.1. The maximum absolute atomic E-state index is 13.1. The summed E-state index contributed by atoms with van der Waals surface area (Å²) >= 11 is 12.4. The van der Waals surface area contributed by atoms with Crippen molar-refractivity contribution in [3.8, 4) is 0 Å². The zero-order valence-electron chi connectivity index (χ0n) is 22.5. The summed E-state index contributed by atoms with van der Waals surface area (Å²) in [6.07, 6.45) is 10.3. The molecule has 0 radical (unpaired) electrons. The average Bonchev–Trinajstić information content (AvgIpc) is 3.07. The molecular weight excluding hydrogens is 503 g/mol. The van der Waals surface area contributed by atoms with Crippen molar-refractivity contribution in [3.05, 3.63) is 68.1 Å². The van der Waals surface area contributed by atoms with E-state index >= 15 is 0 Å². The Morgan fingerprint density at radius 1 is 1.24 bits per heavy atom. The minimum absolute atomic E-state index is 0.0889. The molecule has 3 heterocycles. The fourth-order valence-electron chi connectivity index (χ4n) is 5.18. The number of fused-ring (bicyclic) bond motifs is 2. The minimum Gasteiger partial charge on any atom is -0.353 e. The zero-order chi connectivity index (χ0) is 26.9. The van der Waals surface area contributed by atoms with Crippen LogP contribution in [-0.2, 0) is 4.79 Å². The van der Waals surface area contributed by atoms with Crippen molar-refractivity contribution in [2.75, 3.05) is 18.5 Å². The van der Waals surface area contributed by atoms with Crippen molar-refractivity contribution in [1.29, 1.82) is 0 Å². The Labute approximate surface area is 230 Å². The maximum atomic E-state index is 13.1. The average molecular weight is 540 g/mol. The number of halogens is 2. The number of nitrogens with zero attached hydrogens (tertiary/aromatic N) is 3. The van der Waals surface area contributed by atoms with Gasteiger partial charge in [0.1, 0.15) is 16.1 Å². The van der Waals surface area contributed by atoms with E-state index in [2.05, 4.69) is 69.0 Å². The van der Waals surface area contributed by atoms with Gasteiger partial charge in [-0.2, -0.15) is 0 Å². The number of hydrogen-bond donors (Lipinski definition) is 1. The highest BCUT2D eigenvalue weighted by Crippen LogP contribution is 2.39. The number of amides is 1. The molecule has 7 heteroatoms. The van der Waals surface area contributed by atoms with E-state index in [0.29, 0.717) is 40.8 Å². The Morgan fingerprint density at radius 3 is 2.70 bits per heavy atom. The Hall–Kier alpha value is -2.63. The van der Waals surface area contributed by atoms with Gasteiger partial charge in [-0.15, -0.1) is 0 Å². The molecule has 196 valence electrons. The second-order valence-corrected chi connectivity index (χ2v) is 11.1. The molecule has 5 nitrogen and oxygen atoms in total. The van der Waals surface area contributed by atoms with E-state index in [1.54, 1.807) is 6.07 Å². The number of nitrogens with one attached hydrogen (secondary N) is 1. The monoisotopic (exact) mass is 538 g/mol. The van der Waals surface area contributed by atoms with Crippen molar-refractivity contribution in [2.24, 2.45) is 0 Å². The summed E-state index contributed by atoms with van der Waals surface area (Å²) in [5.41, 5.74) is 7.25. The number of anilines is 1. The number of rotatable bonds is 7. The molecule has 4 rings (SSSR count). The number of hydrogen-bond acceptors (Lipinski definition) is 4. The van der Waals surface area contributed by atoms with Gasteiger partial charge in [-0.05, 0) is 73.9 Å². The molecule has 2 aliphatic rings. The molecule has 2 aromatic rings. The SMILES string of the molecule is CCC(CCNC(=O)C1=Cc2c(cc(Cl)nc2Cl)C=CC1)c1cc(C(C)C)c2c(n1)N(C)C(C)C=C2C. The molecule has 1 aliphatic carbocycles. The Morgan fingerprint density at radius 2 is 2.00 bits per heavy atom. The summed E-state index contributed by atoms with van der Waals surface area (Å²) in [5.74, 6) is 1.62. The lowest BCUT2D eigenvalue weighted by molar-refractivity contribution is -0.117. The second-order valence-electron chi connectivity index (χ2n) is 10.4. The van der Waals surface area contributed by atoms with Crippen molar-refractivity contribution >= 4 is 52.7 Å². The van der Waals surface area contributed by atoms with Gasteiger partial charge in [0, 0.05) is 47.9 Å². The number of aromatic nitrogens is 2. The van der Waals surface area contributed by atoms with Gasteiger partial charge >= 0.3 is 0 Å². The van der Waals surface area contributed by atoms with E-state index in [1.807, 2.05) is 18.2 Å². The standard InChI is InChI=1S/C30H36Cl2N4O/c1-7-20(25-16-23(17(2)3)27-18(4)13-19(5)36(6)29(27)34-25)11-12-33-30(37)22-10-8-9-21-15-26(31)35-28(32)24(21)14-22/h8-9,13-17,19-20H,7,10-12H2,1-6H3,(H,33,37). The second kappa shape index (κ2) is 11.4. The largest absolute Gasteiger partial charge is 0.353 e. The number of pyridine rings is 2. The zero-order valence-corrected chi connectivity index (χ0v) is 24.0. The Kier molecular flexibility index (Phi) is 8.45. The van der Waals surface area contributed by atoms with Gasteiger partial charge in [-0.3, -0.25) is 4.79 Å². The van der Waals surface area contributed by atoms with Crippen molar-refractivity contribution in [3.63, 3.8) is 0 Å². The first-order valence-corrected chi connectivity index (χ1v) is 13.8. The van der Waals surface area contributed by atoms with Crippen LogP contribution in [-0.4, -0.2) is 35.5 Å². The van der Waals surface area contributed by atoms with Crippen LogP contribution in [0.15, 0.2) is 29.9 Å². The molecule has 0 aromatic carbocycles. The normalized spacial score (nSPS) is 17.5. The number of likely N-dealkylation sites (N-methyl/N-ethyl adjacent to an activating group) is 1. The summed E-state index contributed by atoms with van der Waals surface area (Å²) in [4.78, 5) is 24.6. The van der Waals surface area contributed by atoms with Crippen LogP contribution in [0.3, 0.4) is 0 Å². The van der Waals surface area contributed by atoms with E-state index in [-0.39, 0.29) is 11.8 Å². The van der Waals surface area contributed by atoms with Crippen LogP contribution < -0.4 is 10.2 Å². The lowest BCUT2D eigenvalue weighted by Crippen LogP contribution is -2.32. The van der Waals surface area contributed by atoms with Crippen molar-refractivity contribution in [2.45, 2.75) is 71.8 Å². The third-order valence-electron chi connectivity index (χ3n) is 7.45. The van der Waals surface area contributed by atoms with Crippen LogP contribution in [0, 0.1) is 0 Å². The van der Waals surface area contributed by atoms with Gasteiger partial charge in [0.05, 0.1) is 0 Å². The quantitative estimate of drug-likeness (QED) is 0.367. The summed E-state index contributed by atoms with van der Waals surface area (Å²) in [5, 5.41) is 3.76. The Bertz CT molecular complexity index is 1290. The summed E-state index contributed by atoms with van der Waals surface area (Å²) < 4.78 is 0. The predicted octanol–water partition coefficient (Wildman–Crippen LogP) is 7.65. The minimum atomic E-state index is -0.0889. The molecule has 1 aliphatic heterocycles. The molecular formula is C30H36Cl2N4O. The molecule has 2 atom stereocenters. The van der Waals surface area contributed by atoms with Crippen LogP contribution in [0.5, 0.6) is 0 Å². The van der Waals surface area contributed by atoms with E-state index in [1.165, 1.54) is 16.7 Å². The molecule has 1 amide bonds. The summed E-state index contributed by atoms with van der Waals surface area (Å²) in [6, 6.07) is 4.35. The molecule has 2 unspecified atom stereocenters. The van der Waals surface area contributed by atoms with Gasteiger partial charge < -0.3 is 10.2 Å². The molecule has 0 saturated heterocycles. The molecule has 0 fully saturated rings. The molecule has 2 aromatic heterocycles. The topological polar surface area (TPSA) is 58.1 Å². The van der Waals surface area contributed by atoms with Gasteiger partial charge in [0.25, 0.3) is 0 Å². The Balaban J connectivity index is 1.51. The highest BCUT2D eigenvalue weighted by Gasteiger charge is 2.27. The number of carbonyl (C=O) groups excluding carboxylic acids is 1. The van der Waals surface area contributed by atoms with Gasteiger partial charge in [0.15, 0.2) is 0 Å². The van der Waals surface area contributed by atoms with Gasteiger partial charge in [-0.1, -0.05) is 62.2 Å². The van der Waals surface area contributed by atoms with E-state index < -0.39 is 0 Å². The van der Waals surface area contributed by atoms with Crippen LogP contribution in [0.2, 0.25) is 10.3 Å². The predicted molar refractivity (Wildman–Crippen MR) is 156 cm³/mol. The van der Waals surface area contributed by atoms with E-state index in [9.17, 15) is 4.79 Å². The van der Waals surface area contributed by atoms with Crippen LogP contribution in [0.1, 0.15) is 93.7 Å². The molecule has 1 N–H and O–H groups in total. The fourth-order valence-corrected chi connectivity index (χ4v) is 5.68. The number of carbonyl (C=O) groups is 1. The summed E-state index contributed by atoms with van der Waals surface area (Å²) in [6.45, 7) is 11.6. The molecule has 0 bridgehead atoms. The summed E-state index contributed by atoms with van der Waals surface area (Å²) in [7, 11) is 2.12. The van der Waals surface area contributed by atoms with Crippen molar-refractivity contribution in [1.82, 2.24) is 15.3 Å². The fraction of sp³-hybridized carbons (Fsp3) is 0.433. The highest BCUT2D eigenvalue weighted by atomic mass is 35.5. The molecule has 0 saturated carbocycles. The third kappa shape index (κ3) is 5.78. The smallest absolute Gasteiger partial charge is 0.247 e. The van der Waals surface area contributed by atoms with Gasteiger partial charge in [0.2, 0.25) is 5.91 Å². The first-order chi connectivity index (χ1) is 17.6. The van der Waals surface area contributed by atoms with E-state index in [4.69, 9.17) is 28.2 Å². The maximum Gasteiger partial charge on any atom is 0.247 e. The molecule has 37 heavy (non-hydrogen) atoms. The lowest BCUT2D eigenvalue weighted by Gasteiger charge is -2.34. The van der Waals surface area contributed by atoms with Crippen LogP contribution in [0.25, 0.3) is 17.7 Å². The van der Waals surface area contributed by atoms with Crippen molar-refractivity contribution < 1.29 is 4.79 Å². The highest BCUT2D eigenvalue weighted by molar-refractivity contribution is 6.33. The van der Waals surface area contributed by atoms with E-state index in [0.717, 1.165) is 35.5 Å². The number of allylic oxidation sites excluding steroid dienone is 2. The van der Waals surface area contributed by atoms with Gasteiger partial charge in [-0.25, -0.2) is 9.97 Å². The third-order valence-corrected chi connectivity index (χ3v) is 7.93. The van der Waals surface area contributed by atoms with Crippen LogP contribution >= 0.6 is 23.2 Å².